The maximum atomic E-state index is 13.0. The van der Waals surface area contributed by atoms with Crippen molar-refractivity contribution in [1.29, 1.82) is 0 Å². The molecule has 0 heterocycles. The van der Waals surface area contributed by atoms with Gasteiger partial charge in [0.2, 0.25) is 0 Å². The van der Waals surface area contributed by atoms with E-state index in [9.17, 15) is 4.79 Å². The summed E-state index contributed by atoms with van der Waals surface area (Å²) >= 11 is 0. The molecule has 4 nitrogen and oxygen atoms in total. The van der Waals surface area contributed by atoms with Crippen molar-refractivity contribution in [2.75, 3.05) is 14.2 Å². The van der Waals surface area contributed by atoms with Crippen molar-refractivity contribution in [1.82, 2.24) is 5.32 Å². The van der Waals surface area contributed by atoms with E-state index in [2.05, 4.69) is 36.5 Å². The van der Waals surface area contributed by atoms with Crippen LogP contribution < -0.4 is 14.8 Å². The molecule has 0 saturated carbocycles. The van der Waals surface area contributed by atoms with Crippen molar-refractivity contribution in [3.8, 4) is 22.6 Å². The molecule has 0 spiro atoms. The fraction of sp³-hybridized carbons (Fsp3) is 0.148. The van der Waals surface area contributed by atoms with Gasteiger partial charge >= 0.3 is 0 Å². The van der Waals surface area contributed by atoms with Crippen LogP contribution >= 0.6 is 0 Å². The van der Waals surface area contributed by atoms with Crippen molar-refractivity contribution in [3.63, 3.8) is 0 Å². The first-order chi connectivity index (χ1) is 15.1. The number of carbonyl (C=O) groups is 1. The molecule has 1 N–H and O–H groups in total. The molecule has 1 amide bonds. The zero-order valence-corrected chi connectivity index (χ0v) is 17.9. The van der Waals surface area contributed by atoms with Crippen molar-refractivity contribution >= 4 is 16.7 Å². The van der Waals surface area contributed by atoms with Crippen molar-refractivity contribution < 1.29 is 14.3 Å². The summed E-state index contributed by atoms with van der Waals surface area (Å²) in [5.41, 5.74) is 4.86. The Hall–Kier alpha value is -3.79. The number of benzene rings is 4. The fourth-order valence-electron chi connectivity index (χ4n) is 3.67. The first kappa shape index (κ1) is 20.5. The van der Waals surface area contributed by atoms with E-state index in [0.717, 1.165) is 27.5 Å². The number of rotatable bonds is 6. The lowest BCUT2D eigenvalue weighted by atomic mass is 9.94. The minimum absolute atomic E-state index is 0.117. The van der Waals surface area contributed by atoms with Crippen LogP contribution in [-0.2, 0) is 6.54 Å². The third-order valence-corrected chi connectivity index (χ3v) is 5.38. The molecule has 4 heteroatoms. The van der Waals surface area contributed by atoms with Crippen molar-refractivity contribution in [2.24, 2.45) is 0 Å². The van der Waals surface area contributed by atoms with Crippen LogP contribution in [0.15, 0.2) is 78.9 Å². The monoisotopic (exact) mass is 411 g/mol. The molecule has 0 fully saturated rings. The van der Waals surface area contributed by atoms with Gasteiger partial charge in [0, 0.05) is 12.1 Å². The number of hydrogen-bond acceptors (Lipinski definition) is 3. The van der Waals surface area contributed by atoms with E-state index in [0.29, 0.717) is 23.6 Å². The second kappa shape index (κ2) is 8.92. The molecule has 4 aromatic rings. The lowest BCUT2D eigenvalue weighted by Gasteiger charge is -2.15. The molecule has 4 aromatic carbocycles. The van der Waals surface area contributed by atoms with Gasteiger partial charge in [0.05, 0.1) is 14.2 Å². The summed E-state index contributed by atoms with van der Waals surface area (Å²) in [6, 6.07) is 25.9. The molecule has 156 valence electrons. The second-order valence-electron chi connectivity index (χ2n) is 7.49. The Labute approximate surface area is 182 Å². The minimum Gasteiger partial charge on any atom is -0.493 e. The zero-order chi connectivity index (χ0) is 21.8. The average Bonchev–Trinajstić information content (AvgIpc) is 2.82. The van der Waals surface area contributed by atoms with Crippen LogP contribution in [0.1, 0.15) is 21.5 Å². The number of hydrogen-bond donors (Lipinski definition) is 1. The quantitative estimate of drug-likeness (QED) is 0.439. The first-order valence-corrected chi connectivity index (χ1v) is 10.2. The van der Waals surface area contributed by atoms with Crippen LogP contribution in [0.5, 0.6) is 11.5 Å². The van der Waals surface area contributed by atoms with Crippen LogP contribution in [0, 0.1) is 6.92 Å². The van der Waals surface area contributed by atoms with Crippen LogP contribution in [0.3, 0.4) is 0 Å². The molecular weight excluding hydrogens is 386 g/mol. The van der Waals surface area contributed by atoms with Gasteiger partial charge in [-0.3, -0.25) is 4.79 Å². The maximum absolute atomic E-state index is 13.0. The Kier molecular flexibility index (Phi) is 5.89. The van der Waals surface area contributed by atoms with E-state index < -0.39 is 0 Å². The van der Waals surface area contributed by atoms with Crippen molar-refractivity contribution in [3.05, 3.63) is 95.6 Å². The highest BCUT2D eigenvalue weighted by Gasteiger charge is 2.15. The minimum atomic E-state index is -0.117. The number of carbonyl (C=O) groups excluding carboxylic acids is 1. The third-order valence-electron chi connectivity index (χ3n) is 5.38. The molecule has 0 unspecified atom stereocenters. The number of fused-ring (bicyclic) bond motifs is 1. The summed E-state index contributed by atoms with van der Waals surface area (Å²) in [5.74, 6) is 1.17. The van der Waals surface area contributed by atoms with Gasteiger partial charge in [-0.1, -0.05) is 60.2 Å². The highest BCUT2D eigenvalue weighted by atomic mass is 16.5. The van der Waals surface area contributed by atoms with Crippen LogP contribution in [0.2, 0.25) is 0 Å². The molecule has 0 aromatic heterocycles. The molecule has 4 rings (SSSR count). The van der Waals surface area contributed by atoms with Gasteiger partial charge in [0.1, 0.15) is 0 Å². The van der Waals surface area contributed by atoms with Crippen molar-refractivity contribution in [2.45, 2.75) is 13.5 Å². The first-order valence-electron chi connectivity index (χ1n) is 10.2. The predicted octanol–water partition coefficient (Wildman–Crippen LogP) is 5.76. The normalized spacial score (nSPS) is 10.7. The molecule has 0 radical (unpaired) electrons. The lowest BCUT2D eigenvalue weighted by Crippen LogP contribution is -2.22. The smallest absolute Gasteiger partial charge is 0.251 e. The van der Waals surface area contributed by atoms with Gasteiger partial charge in [-0.25, -0.2) is 0 Å². The number of amides is 1. The summed E-state index contributed by atoms with van der Waals surface area (Å²) in [6.45, 7) is 2.53. The lowest BCUT2D eigenvalue weighted by molar-refractivity contribution is 0.0951. The molecule has 0 bridgehead atoms. The van der Waals surface area contributed by atoms with E-state index in [1.807, 2.05) is 54.6 Å². The Morgan fingerprint density at radius 2 is 1.52 bits per heavy atom. The standard InChI is InChI=1S/C27H25NO3/c1-18-9-11-20(12-10-18)23-14-22(27(29)28-17-19-7-5-4-6-8-19)13-21-15-25(30-2)26(31-3)16-24(21)23/h4-16H,17H2,1-3H3,(H,28,29). The SMILES string of the molecule is COc1cc2cc(C(=O)NCc3ccccc3)cc(-c3ccc(C)cc3)c2cc1OC. The maximum Gasteiger partial charge on any atom is 0.251 e. The van der Waals surface area contributed by atoms with Crippen LogP contribution in [-0.4, -0.2) is 20.1 Å². The predicted molar refractivity (Wildman–Crippen MR) is 125 cm³/mol. The van der Waals surface area contributed by atoms with Crippen LogP contribution in [0.4, 0.5) is 0 Å². The summed E-state index contributed by atoms with van der Waals surface area (Å²) in [5, 5.41) is 4.94. The largest absolute Gasteiger partial charge is 0.493 e. The van der Waals surface area contributed by atoms with Crippen LogP contribution in [0.25, 0.3) is 21.9 Å². The Morgan fingerprint density at radius 1 is 0.839 bits per heavy atom. The second-order valence-corrected chi connectivity index (χ2v) is 7.49. The van der Waals surface area contributed by atoms with Gasteiger partial charge < -0.3 is 14.8 Å². The molecule has 0 aliphatic carbocycles. The van der Waals surface area contributed by atoms with Gasteiger partial charge in [0.15, 0.2) is 11.5 Å². The van der Waals surface area contributed by atoms with Gasteiger partial charge in [-0.2, -0.15) is 0 Å². The summed E-state index contributed by atoms with van der Waals surface area (Å²) in [6.07, 6.45) is 0. The van der Waals surface area contributed by atoms with E-state index in [1.165, 1.54) is 5.56 Å². The summed E-state index contributed by atoms with van der Waals surface area (Å²) < 4.78 is 11.0. The molecule has 31 heavy (non-hydrogen) atoms. The number of methoxy groups -OCH3 is 2. The van der Waals surface area contributed by atoms with Gasteiger partial charge in [-0.05, 0) is 58.7 Å². The molecule has 0 aliphatic rings. The molecular formula is C27H25NO3. The molecule has 0 saturated heterocycles. The Morgan fingerprint density at radius 3 is 2.19 bits per heavy atom. The number of aryl methyl sites for hydroxylation is 1. The third kappa shape index (κ3) is 4.38. The zero-order valence-electron chi connectivity index (χ0n) is 17.9. The highest BCUT2D eigenvalue weighted by molar-refractivity contribution is 6.05. The highest BCUT2D eigenvalue weighted by Crippen LogP contribution is 2.38. The average molecular weight is 412 g/mol. The number of nitrogens with one attached hydrogen (secondary N) is 1. The van der Waals surface area contributed by atoms with E-state index in [4.69, 9.17) is 9.47 Å². The van der Waals surface area contributed by atoms with Gasteiger partial charge in [0.25, 0.3) is 5.91 Å². The van der Waals surface area contributed by atoms with Gasteiger partial charge in [-0.15, -0.1) is 0 Å². The van der Waals surface area contributed by atoms with E-state index in [-0.39, 0.29) is 5.91 Å². The molecule has 0 aliphatic heterocycles. The van der Waals surface area contributed by atoms with E-state index in [1.54, 1.807) is 14.2 Å². The summed E-state index contributed by atoms with van der Waals surface area (Å²) in [7, 11) is 3.24. The fourth-order valence-corrected chi connectivity index (χ4v) is 3.67. The molecule has 0 atom stereocenters. The van der Waals surface area contributed by atoms with E-state index >= 15 is 0 Å². The topological polar surface area (TPSA) is 47.6 Å². The Bertz CT molecular complexity index is 1210. The Balaban J connectivity index is 1.80. The number of ether oxygens (including phenoxy) is 2. The summed E-state index contributed by atoms with van der Waals surface area (Å²) in [4.78, 5) is 13.0.